The molecule has 1 heterocycles. The number of aryl methyl sites for hydroxylation is 1. The Morgan fingerprint density at radius 1 is 1.60 bits per heavy atom. The first-order chi connectivity index (χ1) is 7.13. The summed E-state index contributed by atoms with van der Waals surface area (Å²) in [7, 11) is 0. The van der Waals surface area contributed by atoms with Crippen molar-refractivity contribution >= 4 is 23.2 Å². The summed E-state index contributed by atoms with van der Waals surface area (Å²) in [4.78, 5) is 15.4. The lowest BCUT2D eigenvalue weighted by Gasteiger charge is -2.07. The Kier molecular flexibility index (Phi) is 4.52. The van der Waals surface area contributed by atoms with Gasteiger partial charge < -0.3 is 11.1 Å². The lowest BCUT2D eigenvalue weighted by molar-refractivity contribution is -0.116. The average Bonchev–Trinajstić information content (AvgIpc) is 2.19. The van der Waals surface area contributed by atoms with Crippen molar-refractivity contribution in [1.82, 2.24) is 4.98 Å². The number of rotatable bonds is 4. The van der Waals surface area contributed by atoms with Crippen molar-refractivity contribution < 1.29 is 4.79 Å². The Labute approximate surface area is 93.8 Å². The summed E-state index contributed by atoms with van der Waals surface area (Å²) in [6.07, 6.45) is 1.12. The highest BCUT2D eigenvalue weighted by atomic mass is 35.5. The number of nitrogens with two attached hydrogens (primary N) is 1. The van der Waals surface area contributed by atoms with E-state index in [1.165, 1.54) is 0 Å². The Morgan fingerprint density at radius 3 is 2.93 bits per heavy atom. The molecule has 1 amide bonds. The van der Waals surface area contributed by atoms with Crippen LogP contribution in [0, 0.1) is 6.92 Å². The van der Waals surface area contributed by atoms with Crippen LogP contribution in [0.1, 0.15) is 18.5 Å². The van der Waals surface area contributed by atoms with E-state index in [0.717, 1.165) is 0 Å². The van der Waals surface area contributed by atoms with E-state index in [1.807, 2.05) is 0 Å². The van der Waals surface area contributed by atoms with Gasteiger partial charge in [-0.3, -0.25) is 4.79 Å². The molecule has 0 spiro atoms. The number of nitrogens with zero attached hydrogens (tertiary/aromatic N) is 1. The van der Waals surface area contributed by atoms with Gasteiger partial charge in [-0.15, -0.1) is 0 Å². The molecule has 0 fully saturated rings. The number of halogens is 1. The minimum Gasteiger partial charge on any atom is -0.330 e. The molecule has 0 aliphatic carbocycles. The zero-order valence-corrected chi connectivity index (χ0v) is 9.34. The SMILES string of the molecule is Cc1nc(Cl)ccc1NC(=O)CCCN. The first-order valence-corrected chi connectivity index (χ1v) is 5.14. The molecule has 1 aromatic heterocycles. The van der Waals surface area contributed by atoms with Gasteiger partial charge >= 0.3 is 0 Å². The summed E-state index contributed by atoms with van der Waals surface area (Å²) in [6.45, 7) is 2.32. The molecule has 0 saturated heterocycles. The molecule has 3 N–H and O–H groups in total. The number of pyridine rings is 1. The summed E-state index contributed by atoms with van der Waals surface area (Å²) in [5.74, 6) is -0.0485. The lowest BCUT2D eigenvalue weighted by Crippen LogP contribution is -2.14. The van der Waals surface area contributed by atoms with Gasteiger partial charge in [0.25, 0.3) is 0 Å². The maximum absolute atomic E-state index is 11.4. The van der Waals surface area contributed by atoms with Gasteiger partial charge in [0.05, 0.1) is 11.4 Å². The fourth-order valence-corrected chi connectivity index (χ4v) is 1.33. The van der Waals surface area contributed by atoms with E-state index in [2.05, 4.69) is 10.3 Å². The van der Waals surface area contributed by atoms with Gasteiger partial charge in [-0.1, -0.05) is 11.6 Å². The number of nitrogens with one attached hydrogen (secondary N) is 1. The Hall–Kier alpha value is -1.13. The van der Waals surface area contributed by atoms with Crippen molar-refractivity contribution in [2.45, 2.75) is 19.8 Å². The van der Waals surface area contributed by atoms with Gasteiger partial charge in [-0.2, -0.15) is 0 Å². The van der Waals surface area contributed by atoms with Gasteiger partial charge in [-0.05, 0) is 32.0 Å². The molecule has 1 rings (SSSR count). The van der Waals surface area contributed by atoms with E-state index in [0.29, 0.717) is 35.9 Å². The number of carbonyl (C=O) groups is 1. The Bertz CT molecular complexity index is 355. The molecule has 1 aromatic rings. The van der Waals surface area contributed by atoms with Crippen molar-refractivity contribution in [2.24, 2.45) is 5.73 Å². The number of carbonyl (C=O) groups excluding carboxylic acids is 1. The minimum absolute atomic E-state index is 0.0485. The summed E-state index contributed by atoms with van der Waals surface area (Å²) in [5, 5.41) is 3.18. The summed E-state index contributed by atoms with van der Waals surface area (Å²) in [5.41, 5.74) is 6.72. The maximum atomic E-state index is 11.4. The van der Waals surface area contributed by atoms with E-state index in [1.54, 1.807) is 19.1 Å². The van der Waals surface area contributed by atoms with E-state index < -0.39 is 0 Å². The van der Waals surface area contributed by atoms with Gasteiger partial charge in [0.15, 0.2) is 0 Å². The summed E-state index contributed by atoms with van der Waals surface area (Å²) >= 11 is 5.70. The average molecular weight is 228 g/mol. The molecule has 0 atom stereocenters. The van der Waals surface area contributed by atoms with Crippen LogP contribution in [-0.4, -0.2) is 17.4 Å². The van der Waals surface area contributed by atoms with Crippen molar-refractivity contribution in [3.8, 4) is 0 Å². The third-order valence-electron chi connectivity index (χ3n) is 1.93. The largest absolute Gasteiger partial charge is 0.330 e. The normalized spacial score (nSPS) is 10.1. The van der Waals surface area contributed by atoms with E-state index >= 15 is 0 Å². The molecule has 15 heavy (non-hydrogen) atoms. The third-order valence-corrected chi connectivity index (χ3v) is 2.14. The highest BCUT2D eigenvalue weighted by Gasteiger charge is 2.05. The van der Waals surface area contributed by atoms with Crippen LogP contribution in [0.3, 0.4) is 0 Å². The standard InChI is InChI=1S/C10H14ClN3O/c1-7-8(4-5-9(11)13-7)14-10(15)3-2-6-12/h4-5H,2-3,6,12H2,1H3,(H,14,15). The second-order valence-corrected chi connectivity index (χ2v) is 3.59. The highest BCUT2D eigenvalue weighted by Crippen LogP contribution is 2.15. The molecule has 82 valence electrons. The van der Waals surface area contributed by atoms with Gasteiger partial charge in [0, 0.05) is 6.42 Å². The van der Waals surface area contributed by atoms with Crippen LogP contribution in [0.15, 0.2) is 12.1 Å². The molecule has 0 radical (unpaired) electrons. The van der Waals surface area contributed by atoms with Crippen molar-refractivity contribution in [2.75, 3.05) is 11.9 Å². The Morgan fingerprint density at radius 2 is 2.33 bits per heavy atom. The molecule has 0 aliphatic rings. The molecule has 4 nitrogen and oxygen atoms in total. The maximum Gasteiger partial charge on any atom is 0.224 e. The number of aromatic nitrogens is 1. The molecule has 0 aliphatic heterocycles. The van der Waals surface area contributed by atoms with Crippen LogP contribution in [0.5, 0.6) is 0 Å². The fraction of sp³-hybridized carbons (Fsp3) is 0.400. The second-order valence-electron chi connectivity index (χ2n) is 3.21. The first-order valence-electron chi connectivity index (χ1n) is 4.76. The lowest BCUT2D eigenvalue weighted by atomic mass is 10.2. The number of anilines is 1. The molecule has 0 unspecified atom stereocenters. The zero-order valence-electron chi connectivity index (χ0n) is 8.59. The van der Waals surface area contributed by atoms with Crippen LogP contribution in [-0.2, 0) is 4.79 Å². The van der Waals surface area contributed by atoms with Gasteiger partial charge in [-0.25, -0.2) is 4.98 Å². The van der Waals surface area contributed by atoms with Crippen LogP contribution in [0.25, 0.3) is 0 Å². The van der Waals surface area contributed by atoms with Crippen LogP contribution in [0.2, 0.25) is 5.15 Å². The Balaban J connectivity index is 2.60. The van der Waals surface area contributed by atoms with Crippen LogP contribution >= 0.6 is 11.6 Å². The molecular formula is C10H14ClN3O. The predicted octanol–water partition coefficient (Wildman–Crippen LogP) is 1.72. The smallest absolute Gasteiger partial charge is 0.224 e. The molecule has 0 aromatic carbocycles. The zero-order chi connectivity index (χ0) is 11.3. The quantitative estimate of drug-likeness (QED) is 0.770. The fourth-order valence-electron chi connectivity index (χ4n) is 1.14. The summed E-state index contributed by atoms with van der Waals surface area (Å²) in [6, 6.07) is 3.39. The van der Waals surface area contributed by atoms with E-state index in [-0.39, 0.29) is 5.91 Å². The molecule has 0 bridgehead atoms. The summed E-state index contributed by atoms with van der Waals surface area (Å²) < 4.78 is 0. The van der Waals surface area contributed by atoms with Gasteiger partial charge in [0.1, 0.15) is 5.15 Å². The molecule has 0 saturated carbocycles. The van der Waals surface area contributed by atoms with Crippen LogP contribution in [0.4, 0.5) is 5.69 Å². The predicted molar refractivity (Wildman–Crippen MR) is 60.9 cm³/mol. The molecule has 5 heteroatoms. The number of hydrogen-bond acceptors (Lipinski definition) is 3. The number of amides is 1. The van der Waals surface area contributed by atoms with Gasteiger partial charge in [0.2, 0.25) is 5.91 Å². The minimum atomic E-state index is -0.0485. The van der Waals surface area contributed by atoms with E-state index in [4.69, 9.17) is 17.3 Å². The topological polar surface area (TPSA) is 68.0 Å². The second kappa shape index (κ2) is 5.68. The number of hydrogen-bond donors (Lipinski definition) is 2. The van der Waals surface area contributed by atoms with Crippen molar-refractivity contribution in [1.29, 1.82) is 0 Å². The first kappa shape index (κ1) is 11.9. The van der Waals surface area contributed by atoms with Crippen molar-refractivity contribution in [3.63, 3.8) is 0 Å². The third kappa shape index (κ3) is 3.85. The van der Waals surface area contributed by atoms with Crippen molar-refractivity contribution in [3.05, 3.63) is 23.0 Å². The van der Waals surface area contributed by atoms with Crippen LogP contribution < -0.4 is 11.1 Å². The van der Waals surface area contributed by atoms with E-state index in [9.17, 15) is 4.79 Å². The monoisotopic (exact) mass is 227 g/mol. The molecular weight excluding hydrogens is 214 g/mol. The highest BCUT2D eigenvalue weighted by molar-refractivity contribution is 6.29.